The van der Waals surface area contributed by atoms with E-state index in [0.717, 1.165) is 28.1 Å². The normalized spacial score (nSPS) is 10.4. The van der Waals surface area contributed by atoms with Crippen molar-refractivity contribution >= 4 is 17.2 Å². The summed E-state index contributed by atoms with van der Waals surface area (Å²) in [5.74, 6) is 1.33. The molecule has 0 unspecified atom stereocenters. The van der Waals surface area contributed by atoms with E-state index in [-0.39, 0.29) is 0 Å². The molecule has 4 heteroatoms. The number of nitrogens with zero attached hydrogens (tertiary/aromatic N) is 1. The molecule has 2 N–H and O–H groups in total. The zero-order chi connectivity index (χ0) is 14.9. The molecule has 2 aromatic rings. The van der Waals surface area contributed by atoms with Gasteiger partial charge in [0.1, 0.15) is 10.7 Å². The summed E-state index contributed by atoms with van der Waals surface area (Å²) in [6, 6.07) is 7.76. The van der Waals surface area contributed by atoms with Crippen molar-refractivity contribution in [2.75, 3.05) is 0 Å². The van der Waals surface area contributed by atoms with E-state index >= 15 is 0 Å². The standard InChI is InChI=1S/C16H18N2OS/c1-9-5-10(2)12(4)14(6-9)19-15-8-13(16(17)20)7-11(3)18-15/h5-8H,1-4H3,(H2,17,20). The van der Waals surface area contributed by atoms with E-state index in [1.54, 1.807) is 6.07 Å². The second-order valence-electron chi connectivity index (χ2n) is 5.01. The molecule has 20 heavy (non-hydrogen) atoms. The monoisotopic (exact) mass is 286 g/mol. The average molecular weight is 286 g/mol. The molecule has 2 rings (SSSR count). The molecule has 3 nitrogen and oxygen atoms in total. The Kier molecular flexibility index (Phi) is 4.04. The summed E-state index contributed by atoms with van der Waals surface area (Å²) in [7, 11) is 0. The Morgan fingerprint density at radius 3 is 2.45 bits per heavy atom. The predicted octanol–water partition coefficient (Wildman–Crippen LogP) is 3.74. The van der Waals surface area contributed by atoms with Gasteiger partial charge in [0.25, 0.3) is 0 Å². The van der Waals surface area contributed by atoms with Gasteiger partial charge >= 0.3 is 0 Å². The van der Waals surface area contributed by atoms with Crippen molar-refractivity contribution < 1.29 is 4.74 Å². The van der Waals surface area contributed by atoms with Crippen LogP contribution in [0.2, 0.25) is 0 Å². The molecule has 104 valence electrons. The Morgan fingerprint density at radius 1 is 1.10 bits per heavy atom. The van der Waals surface area contributed by atoms with Crippen LogP contribution in [0.3, 0.4) is 0 Å². The molecule has 0 bridgehead atoms. The van der Waals surface area contributed by atoms with Crippen molar-refractivity contribution in [2.24, 2.45) is 5.73 Å². The van der Waals surface area contributed by atoms with E-state index < -0.39 is 0 Å². The molecule has 1 aromatic carbocycles. The molecule has 1 aromatic heterocycles. The third-order valence-corrected chi connectivity index (χ3v) is 3.43. The largest absolute Gasteiger partial charge is 0.439 e. The Bertz CT molecular complexity index is 680. The molecule has 1 heterocycles. The summed E-state index contributed by atoms with van der Waals surface area (Å²) in [5, 5.41) is 0. The average Bonchev–Trinajstić information content (AvgIpc) is 2.34. The van der Waals surface area contributed by atoms with Crippen molar-refractivity contribution in [3.63, 3.8) is 0 Å². The molecule has 0 saturated heterocycles. The fourth-order valence-corrected chi connectivity index (χ4v) is 2.17. The van der Waals surface area contributed by atoms with Gasteiger partial charge in [0.05, 0.1) is 0 Å². The summed E-state index contributed by atoms with van der Waals surface area (Å²) < 4.78 is 5.92. The van der Waals surface area contributed by atoms with E-state index in [9.17, 15) is 0 Å². The molecule has 0 spiro atoms. The highest BCUT2D eigenvalue weighted by atomic mass is 32.1. The second kappa shape index (κ2) is 5.59. The minimum atomic E-state index is 0.345. The van der Waals surface area contributed by atoms with Crippen molar-refractivity contribution in [1.29, 1.82) is 0 Å². The number of rotatable bonds is 3. The first-order valence-electron chi connectivity index (χ1n) is 6.41. The number of ether oxygens (including phenoxy) is 1. The third kappa shape index (κ3) is 3.14. The lowest BCUT2D eigenvalue weighted by Gasteiger charge is -2.12. The highest BCUT2D eigenvalue weighted by Crippen LogP contribution is 2.28. The molecule has 0 atom stereocenters. The number of hydrogen-bond donors (Lipinski definition) is 1. The minimum absolute atomic E-state index is 0.345. The first-order valence-corrected chi connectivity index (χ1v) is 6.82. The van der Waals surface area contributed by atoms with E-state index in [4.69, 9.17) is 22.7 Å². The molecule has 0 aliphatic rings. The van der Waals surface area contributed by atoms with Crippen molar-refractivity contribution in [1.82, 2.24) is 4.98 Å². The summed E-state index contributed by atoms with van der Waals surface area (Å²) in [4.78, 5) is 4.72. The fourth-order valence-electron chi connectivity index (χ4n) is 2.05. The van der Waals surface area contributed by atoms with Crippen molar-refractivity contribution in [3.8, 4) is 11.6 Å². The fraction of sp³-hybridized carbons (Fsp3) is 0.250. The Balaban J connectivity index is 2.42. The number of aromatic nitrogens is 1. The number of hydrogen-bond acceptors (Lipinski definition) is 3. The van der Waals surface area contributed by atoms with Crippen LogP contribution in [0.5, 0.6) is 11.6 Å². The molecule has 0 aliphatic heterocycles. The summed E-state index contributed by atoms with van der Waals surface area (Å²) in [6.45, 7) is 8.04. The van der Waals surface area contributed by atoms with Gasteiger partial charge in [0.15, 0.2) is 0 Å². The van der Waals surface area contributed by atoms with Gasteiger partial charge < -0.3 is 10.5 Å². The second-order valence-corrected chi connectivity index (χ2v) is 5.45. The quantitative estimate of drug-likeness (QED) is 0.873. The van der Waals surface area contributed by atoms with Crippen LogP contribution >= 0.6 is 12.2 Å². The van der Waals surface area contributed by atoms with Crippen LogP contribution in [0, 0.1) is 27.7 Å². The van der Waals surface area contributed by atoms with E-state index in [2.05, 4.69) is 18.0 Å². The summed E-state index contributed by atoms with van der Waals surface area (Å²) in [6.07, 6.45) is 0. The van der Waals surface area contributed by atoms with Gasteiger partial charge in [0.2, 0.25) is 5.88 Å². The van der Waals surface area contributed by atoms with Gasteiger partial charge in [-0.25, -0.2) is 4.98 Å². The molecular formula is C16H18N2OS. The first kappa shape index (κ1) is 14.5. The number of pyridine rings is 1. The van der Waals surface area contributed by atoms with Crippen molar-refractivity contribution in [3.05, 3.63) is 52.2 Å². The van der Waals surface area contributed by atoms with Gasteiger partial charge in [-0.15, -0.1) is 0 Å². The zero-order valence-corrected chi connectivity index (χ0v) is 13.0. The minimum Gasteiger partial charge on any atom is -0.439 e. The van der Waals surface area contributed by atoms with Crippen LogP contribution in [0.4, 0.5) is 0 Å². The smallest absolute Gasteiger partial charge is 0.220 e. The number of aryl methyl sites for hydroxylation is 3. The van der Waals surface area contributed by atoms with Crippen LogP contribution in [-0.2, 0) is 0 Å². The molecule has 0 amide bonds. The van der Waals surface area contributed by atoms with Gasteiger partial charge in [-0.05, 0) is 56.5 Å². The Hall–Kier alpha value is -1.94. The highest BCUT2D eigenvalue weighted by Gasteiger charge is 2.08. The van der Waals surface area contributed by atoms with Crippen LogP contribution < -0.4 is 10.5 Å². The predicted molar refractivity (Wildman–Crippen MR) is 85.6 cm³/mol. The number of nitrogens with two attached hydrogens (primary N) is 1. The maximum absolute atomic E-state index is 5.92. The maximum Gasteiger partial charge on any atom is 0.220 e. The van der Waals surface area contributed by atoms with E-state index in [0.29, 0.717) is 10.9 Å². The summed E-state index contributed by atoms with van der Waals surface area (Å²) >= 11 is 5.01. The van der Waals surface area contributed by atoms with Crippen LogP contribution in [-0.4, -0.2) is 9.97 Å². The summed E-state index contributed by atoms with van der Waals surface area (Å²) in [5.41, 5.74) is 10.7. The van der Waals surface area contributed by atoms with Gasteiger partial charge in [-0.2, -0.15) is 0 Å². The Morgan fingerprint density at radius 2 is 1.80 bits per heavy atom. The molecule has 0 saturated carbocycles. The number of thiocarbonyl (C=S) groups is 1. The van der Waals surface area contributed by atoms with Gasteiger partial charge in [0, 0.05) is 17.3 Å². The highest BCUT2D eigenvalue weighted by molar-refractivity contribution is 7.80. The first-order chi connectivity index (χ1) is 9.36. The molecular weight excluding hydrogens is 268 g/mol. The van der Waals surface area contributed by atoms with Crippen LogP contribution in [0.15, 0.2) is 24.3 Å². The lowest BCUT2D eigenvalue weighted by Crippen LogP contribution is -2.10. The molecule has 0 aliphatic carbocycles. The maximum atomic E-state index is 5.92. The van der Waals surface area contributed by atoms with Crippen LogP contribution in [0.25, 0.3) is 0 Å². The van der Waals surface area contributed by atoms with E-state index in [1.165, 1.54) is 5.56 Å². The SMILES string of the molecule is Cc1cc(C)c(C)c(Oc2cc(C(N)=S)cc(C)n2)c1. The van der Waals surface area contributed by atoms with Gasteiger partial charge in [-0.1, -0.05) is 18.3 Å². The van der Waals surface area contributed by atoms with Gasteiger partial charge in [-0.3, -0.25) is 0 Å². The lowest BCUT2D eigenvalue weighted by molar-refractivity contribution is 0.457. The number of benzene rings is 1. The third-order valence-electron chi connectivity index (χ3n) is 3.19. The van der Waals surface area contributed by atoms with Crippen LogP contribution in [0.1, 0.15) is 27.9 Å². The topological polar surface area (TPSA) is 48.1 Å². The van der Waals surface area contributed by atoms with E-state index in [1.807, 2.05) is 32.9 Å². The zero-order valence-electron chi connectivity index (χ0n) is 12.2. The molecule has 0 radical (unpaired) electrons. The molecule has 0 fully saturated rings. The van der Waals surface area contributed by atoms with Crippen molar-refractivity contribution in [2.45, 2.75) is 27.7 Å². The lowest BCUT2D eigenvalue weighted by atomic mass is 10.1. The Labute approximate surface area is 124 Å².